The molecule has 0 radical (unpaired) electrons. The standard InChI is InChI=1S/C5H12N2O3/c1-3(8)6-5(10)7-4(2)9/h3-4,8-9H,1-2H3,(H2,6,7,10). The van der Waals surface area contributed by atoms with Crippen molar-refractivity contribution in [2.75, 3.05) is 0 Å². The SMILES string of the molecule is CC(O)NC(=O)NC(C)O. The first kappa shape index (κ1) is 9.19. The van der Waals surface area contributed by atoms with Crippen molar-refractivity contribution in [1.82, 2.24) is 10.6 Å². The molecule has 0 heterocycles. The van der Waals surface area contributed by atoms with Crippen LogP contribution in [0.2, 0.25) is 0 Å². The zero-order valence-corrected chi connectivity index (χ0v) is 5.96. The molecule has 10 heavy (non-hydrogen) atoms. The van der Waals surface area contributed by atoms with Crippen LogP contribution in [0.5, 0.6) is 0 Å². The number of hydrogen-bond acceptors (Lipinski definition) is 3. The largest absolute Gasteiger partial charge is 0.374 e. The number of nitrogens with one attached hydrogen (secondary N) is 2. The number of hydrogen-bond donors (Lipinski definition) is 4. The van der Waals surface area contributed by atoms with E-state index in [2.05, 4.69) is 10.6 Å². The van der Waals surface area contributed by atoms with Crippen molar-refractivity contribution in [3.05, 3.63) is 0 Å². The van der Waals surface area contributed by atoms with Gasteiger partial charge in [-0.3, -0.25) is 0 Å². The molecule has 0 aliphatic heterocycles. The summed E-state index contributed by atoms with van der Waals surface area (Å²) < 4.78 is 0. The Morgan fingerprint density at radius 3 is 1.70 bits per heavy atom. The van der Waals surface area contributed by atoms with E-state index in [1.165, 1.54) is 13.8 Å². The summed E-state index contributed by atoms with van der Waals surface area (Å²) >= 11 is 0. The Morgan fingerprint density at radius 1 is 1.20 bits per heavy atom. The number of aliphatic hydroxyl groups is 2. The molecule has 2 atom stereocenters. The summed E-state index contributed by atoms with van der Waals surface area (Å²) in [4.78, 5) is 10.5. The molecule has 0 aliphatic carbocycles. The number of urea groups is 1. The van der Waals surface area contributed by atoms with Gasteiger partial charge in [-0.15, -0.1) is 0 Å². The molecule has 0 aromatic carbocycles. The van der Waals surface area contributed by atoms with Gasteiger partial charge >= 0.3 is 6.03 Å². The van der Waals surface area contributed by atoms with Gasteiger partial charge in [0.05, 0.1) is 0 Å². The van der Waals surface area contributed by atoms with Crippen LogP contribution in [0.3, 0.4) is 0 Å². The number of carbonyl (C=O) groups is 1. The smallest absolute Gasteiger partial charge is 0.318 e. The molecule has 0 spiro atoms. The van der Waals surface area contributed by atoms with Crippen molar-refractivity contribution in [1.29, 1.82) is 0 Å². The predicted molar refractivity (Wildman–Crippen MR) is 35.0 cm³/mol. The summed E-state index contributed by atoms with van der Waals surface area (Å²) in [5.74, 6) is 0. The lowest BCUT2D eigenvalue weighted by atomic mass is 10.6. The highest BCUT2D eigenvalue weighted by atomic mass is 16.3. The van der Waals surface area contributed by atoms with E-state index in [4.69, 9.17) is 10.2 Å². The van der Waals surface area contributed by atoms with E-state index in [1.54, 1.807) is 0 Å². The highest BCUT2D eigenvalue weighted by Gasteiger charge is 2.03. The first-order valence-electron chi connectivity index (χ1n) is 2.95. The maximum absolute atomic E-state index is 10.5. The predicted octanol–water partition coefficient (Wildman–Crippen LogP) is -1.04. The third-order valence-electron chi connectivity index (χ3n) is 0.680. The average Bonchev–Trinajstić information content (AvgIpc) is 1.58. The van der Waals surface area contributed by atoms with Crippen molar-refractivity contribution >= 4 is 6.03 Å². The van der Waals surface area contributed by atoms with Crippen LogP contribution in [0, 0.1) is 0 Å². The molecule has 0 fully saturated rings. The summed E-state index contributed by atoms with van der Waals surface area (Å²) in [6.45, 7) is 2.81. The Kier molecular flexibility index (Phi) is 3.75. The second kappa shape index (κ2) is 4.08. The molecule has 0 saturated carbocycles. The number of aliphatic hydroxyl groups excluding tert-OH is 2. The van der Waals surface area contributed by atoms with E-state index in [-0.39, 0.29) is 0 Å². The van der Waals surface area contributed by atoms with E-state index in [9.17, 15) is 4.79 Å². The minimum atomic E-state index is -0.904. The Bertz CT molecular complexity index is 101. The van der Waals surface area contributed by atoms with Gasteiger partial charge in [-0.05, 0) is 13.8 Å². The molecule has 0 bridgehead atoms. The molecule has 0 rings (SSSR count). The van der Waals surface area contributed by atoms with Crippen molar-refractivity contribution in [3.8, 4) is 0 Å². The molecule has 5 nitrogen and oxygen atoms in total. The third kappa shape index (κ3) is 5.33. The van der Waals surface area contributed by atoms with E-state index < -0.39 is 18.5 Å². The fourth-order valence-corrected chi connectivity index (χ4v) is 0.421. The lowest BCUT2D eigenvalue weighted by molar-refractivity contribution is 0.133. The topological polar surface area (TPSA) is 81.6 Å². The summed E-state index contributed by atoms with van der Waals surface area (Å²) in [7, 11) is 0. The Morgan fingerprint density at radius 2 is 1.50 bits per heavy atom. The highest BCUT2D eigenvalue weighted by Crippen LogP contribution is 1.75. The van der Waals surface area contributed by atoms with Crippen LogP contribution in [0.4, 0.5) is 4.79 Å². The second-order valence-electron chi connectivity index (χ2n) is 1.97. The van der Waals surface area contributed by atoms with E-state index in [0.717, 1.165) is 0 Å². The van der Waals surface area contributed by atoms with Crippen LogP contribution < -0.4 is 10.6 Å². The van der Waals surface area contributed by atoms with Crippen LogP contribution >= 0.6 is 0 Å². The third-order valence-corrected chi connectivity index (χ3v) is 0.680. The average molecular weight is 148 g/mol. The van der Waals surface area contributed by atoms with Crippen LogP contribution in [0.1, 0.15) is 13.8 Å². The fourth-order valence-electron chi connectivity index (χ4n) is 0.421. The molecule has 0 aromatic rings. The summed E-state index contributed by atoms with van der Waals surface area (Å²) in [6, 6.07) is -0.593. The minimum absolute atomic E-state index is 0.593. The van der Waals surface area contributed by atoms with E-state index >= 15 is 0 Å². The van der Waals surface area contributed by atoms with Crippen LogP contribution in [-0.2, 0) is 0 Å². The van der Waals surface area contributed by atoms with Gasteiger partial charge in [0.1, 0.15) is 12.5 Å². The molecular weight excluding hydrogens is 136 g/mol. The van der Waals surface area contributed by atoms with Crippen LogP contribution in [0.15, 0.2) is 0 Å². The molecule has 60 valence electrons. The minimum Gasteiger partial charge on any atom is -0.374 e. The quantitative estimate of drug-likeness (QED) is 0.378. The van der Waals surface area contributed by atoms with Gasteiger partial charge in [0.15, 0.2) is 0 Å². The first-order chi connectivity index (χ1) is 4.52. The first-order valence-corrected chi connectivity index (χ1v) is 2.95. The molecule has 2 unspecified atom stereocenters. The molecule has 2 amide bonds. The van der Waals surface area contributed by atoms with Gasteiger partial charge in [0.2, 0.25) is 0 Å². The highest BCUT2D eigenvalue weighted by molar-refractivity contribution is 5.73. The number of rotatable bonds is 2. The lowest BCUT2D eigenvalue weighted by Gasteiger charge is -2.10. The maximum Gasteiger partial charge on any atom is 0.318 e. The second-order valence-corrected chi connectivity index (χ2v) is 1.97. The van der Waals surface area contributed by atoms with Crippen LogP contribution in [-0.4, -0.2) is 28.7 Å². The van der Waals surface area contributed by atoms with Crippen molar-refractivity contribution in [2.45, 2.75) is 26.3 Å². The molecule has 0 saturated heterocycles. The molecule has 5 heteroatoms. The Hall–Kier alpha value is -0.810. The molecule has 4 N–H and O–H groups in total. The van der Waals surface area contributed by atoms with Gasteiger partial charge in [0, 0.05) is 0 Å². The number of carbonyl (C=O) groups excluding carboxylic acids is 1. The van der Waals surface area contributed by atoms with Crippen molar-refractivity contribution < 1.29 is 15.0 Å². The zero-order chi connectivity index (χ0) is 8.15. The zero-order valence-electron chi connectivity index (χ0n) is 5.96. The van der Waals surface area contributed by atoms with Gasteiger partial charge in [-0.2, -0.15) is 0 Å². The van der Waals surface area contributed by atoms with Gasteiger partial charge < -0.3 is 20.8 Å². The molecular formula is C5H12N2O3. The van der Waals surface area contributed by atoms with Crippen molar-refractivity contribution in [3.63, 3.8) is 0 Å². The van der Waals surface area contributed by atoms with Crippen LogP contribution in [0.25, 0.3) is 0 Å². The van der Waals surface area contributed by atoms with E-state index in [0.29, 0.717) is 0 Å². The molecule has 0 aliphatic rings. The van der Waals surface area contributed by atoms with E-state index in [1.807, 2.05) is 0 Å². The number of amides is 2. The fraction of sp³-hybridized carbons (Fsp3) is 0.800. The summed E-state index contributed by atoms with van der Waals surface area (Å²) in [5, 5.41) is 21.4. The Balaban J connectivity index is 3.44. The Labute approximate surface area is 59.0 Å². The summed E-state index contributed by atoms with van der Waals surface area (Å²) in [5.41, 5.74) is 0. The van der Waals surface area contributed by atoms with Gasteiger partial charge in [-0.1, -0.05) is 0 Å². The molecule has 0 aromatic heterocycles. The monoisotopic (exact) mass is 148 g/mol. The van der Waals surface area contributed by atoms with Gasteiger partial charge in [0.25, 0.3) is 0 Å². The maximum atomic E-state index is 10.5. The van der Waals surface area contributed by atoms with Gasteiger partial charge in [-0.25, -0.2) is 4.79 Å². The lowest BCUT2D eigenvalue weighted by Crippen LogP contribution is -2.44. The van der Waals surface area contributed by atoms with Crippen molar-refractivity contribution in [2.24, 2.45) is 0 Å². The summed E-state index contributed by atoms with van der Waals surface area (Å²) in [6.07, 6.45) is -1.81. The normalized spacial score (nSPS) is 15.6.